The molecule has 0 saturated heterocycles. The van der Waals surface area contributed by atoms with E-state index in [-0.39, 0.29) is 10.8 Å². The van der Waals surface area contributed by atoms with Crippen molar-refractivity contribution in [2.24, 2.45) is 5.10 Å². The summed E-state index contributed by atoms with van der Waals surface area (Å²) < 4.78 is 0. The van der Waals surface area contributed by atoms with Crippen molar-refractivity contribution in [1.82, 2.24) is 0 Å². The first-order valence-electron chi connectivity index (χ1n) is 15.2. The summed E-state index contributed by atoms with van der Waals surface area (Å²) in [5.74, 6) is 0.956. The van der Waals surface area contributed by atoms with Crippen molar-refractivity contribution in [3.05, 3.63) is 144 Å². The number of benzene rings is 5. The fourth-order valence-electron chi connectivity index (χ4n) is 5.53. The molecule has 5 aromatic rings. The molecule has 0 radical (unpaired) electrons. The van der Waals surface area contributed by atoms with Crippen molar-refractivity contribution in [1.29, 1.82) is 0 Å². The number of anilines is 2. The van der Waals surface area contributed by atoms with E-state index >= 15 is 0 Å². The van der Waals surface area contributed by atoms with Crippen molar-refractivity contribution >= 4 is 17.2 Å². The zero-order chi connectivity index (χ0) is 30.2. The standard InChI is InChI=1S/C40H41N3/c1-39(2,3)34-25-35(40(4,5)6)27-36(26-34)42-28-43(41-38(42)31-20-14-9-15-21-31)37-23-32(29-16-10-7-11-17-29)22-33(24-37)30-18-12-8-13-19-30/h7-27H,28H2,1-6H3. The minimum atomic E-state index is 0.0219. The molecule has 0 saturated carbocycles. The summed E-state index contributed by atoms with van der Waals surface area (Å²) in [6.07, 6.45) is 0. The lowest BCUT2D eigenvalue weighted by Crippen LogP contribution is -2.32. The van der Waals surface area contributed by atoms with E-state index in [4.69, 9.17) is 5.10 Å². The van der Waals surface area contributed by atoms with Crippen LogP contribution in [0.2, 0.25) is 0 Å². The zero-order valence-corrected chi connectivity index (χ0v) is 26.2. The summed E-state index contributed by atoms with van der Waals surface area (Å²) in [7, 11) is 0. The molecule has 216 valence electrons. The Labute approximate surface area is 257 Å². The maximum atomic E-state index is 5.32. The fourth-order valence-corrected chi connectivity index (χ4v) is 5.53. The fraction of sp³-hybridized carbons (Fsp3) is 0.225. The summed E-state index contributed by atoms with van der Waals surface area (Å²) in [4.78, 5) is 2.37. The lowest BCUT2D eigenvalue weighted by Gasteiger charge is -2.29. The van der Waals surface area contributed by atoms with Crippen molar-refractivity contribution in [2.45, 2.75) is 52.4 Å². The first-order valence-corrected chi connectivity index (χ1v) is 15.2. The Kier molecular flexibility index (Phi) is 7.43. The maximum absolute atomic E-state index is 5.32. The minimum absolute atomic E-state index is 0.0219. The van der Waals surface area contributed by atoms with Crippen LogP contribution in [0.1, 0.15) is 58.2 Å². The molecular formula is C40H41N3. The van der Waals surface area contributed by atoms with E-state index in [0.29, 0.717) is 6.67 Å². The number of hydrogen-bond donors (Lipinski definition) is 0. The topological polar surface area (TPSA) is 18.8 Å². The molecule has 5 aromatic carbocycles. The third-order valence-electron chi connectivity index (χ3n) is 8.17. The molecule has 0 aromatic heterocycles. The largest absolute Gasteiger partial charge is 0.304 e. The Morgan fingerprint density at radius 3 is 1.35 bits per heavy atom. The van der Waals surface area contributed by atoms with E-state index in [0.717, 1.165) is 17.1 Å². The van der Waals surface area contributed by atoms with Crippen LogP contribution in [0.5, 0.6) is 0 Å². The third-order valence-corrected chi connectivity index (χ3v) is 8.17. The molecule has 6 rings (SSSR count). The van der Waals surface area contributed by atoms with Crippen LogP contribution in [0.4, 0.5) is 11.4 Å². The van der Waals surface area contributed by atoms with E-state index in [1.165, 1.54) is 39.1 Å². The van der Waals surface area contributed by atoms with Gasteiger partial charge in [0, 0.05) is 11.3 Å². The summed E-state index contributed by atoms with van der Waals surface area (Å²) in [5.41, 5.74) is 10.8. The Hall–Kier alpha value is -4.63. The molecule has 0 amide bonds. The molecule has 0 fully saturated rings. The van der Waals surface area contributed by atoms with E-state index in [1.54, 1.807) is 0 Å². The van der Waals surface area contributed by atoms with Crippen LogP contribution in [0.3, 0.4) is 0 Å². The van der Waals surface area contributed by atoms with Crippen molar-refractivity contribution in [3.63, 3.8) is 0 Å². The first-order chi connectivity index (χ1) is 20.6. The van der Waals surface area contributed by atoms with Crippen molar-refractivity contribution < 1.29 is 0 Å². The van der Waals surface area contributed by atoms with Gasteiger partial charge in [0.25, 0.3) is 0 Å². The van der Waals surface area contributed by atoms with E-state index < -0.39 is 0 Å². The van der Waals surface area contributed by atoms with Crippen LogP contribution in [-0.4, -0.2) is 12.5 Å². The Morgan fingerprint density at radius 2 is 0.907 bits per heavy atom. The molecule has 1 heterocycles. The molecule has 0 N–H and O–H groups in total. The highest BCUT2D eigenvalue weighted by molar-refractivity contribution is 6.12. The van der Waals surface area contributed by atoms with E-state index in [9.17, 15) is 0 Å². The normalized spacial score (nSPS) is 13.8. The second-order valence-corrected chi connectivity index (χ2v) is 13.5. The third kappa shape index (κ3) is 6.12. The van der Waals surface area contributed by atoms with Gasteiger partial charge in [-0.25, -0.2) is 5.01 Å². The van der Waals surface area contributed by atoms with Gasteiger partial charge < -0.3 is 4.90 Å². The van der Waals surface area contributed by atoms with Crippen LogP contribution in [-0.2, 0) is 10.8 Å². The highest BCUT2D eigenvalue weighted by Crippen LogP contribution is 2.38. The van der Waals surface area contributed by atoms with Crippen LogP contribution in [0.15, 0.2) is 132 Å². The van der Waals surface area contributed by atoms with Crippen LogP contribution < -0.4 is 9.91 Å². The molecule has 0 atom stereocenters. The molecule has 0 bridgehead atoms. The van der Waals surface area contributed by atoms with Crippen molar-refractivity contribution in [3.8, 4) is 22.3 Å². The number of rotatable bonds is 5. The van der Waals surface area contributed by atoms with Crippen molar-refractivity contribution in [2.75, 3.05) is 16.6 Å². The maximum Gasteiger partial charge on any atom is 0.162 e. The van der Waals surface area contributed by atoms with Gasteiger partial charge in [0.1, 0.15) is 6.67 Å². The van der Waals surface area contributed by atoms with E-state index in [2.05, 4.69) is 179 Å². The Balaban J connectivity index is 1.50. The van der Waals surface area contributed by atoms with Gasteiger partial charge in [-0.1, -0.05) is 139 Å². The molecule has 0 aliphatic carbocycles. The quantitative estimate of drug-likeness (QED) is 0.212. The van der Waals surface area contributed by atoms with Gasteiger partial charge in [-0.2, -0.15) is 5.10 Å². The van der Waals surface area contributed by atoms with Gasteiger partial charge in [-0.15, -0.1) is 0 Å². The highest BCUT2D eigenvalue weighted by Gasteiger charge is 2.30. The molecule has 1 aliphatic rings. The van der Waals surface area contributed by atoms with Crippen LogP contribution in [0.25, 0.3) is 22.3 Å². The van der Waals surface area contributed by atoms with Gasteiger partial charge >= 0.3 is 0 Å². The molecule has 0 unspecified atom stereocenters. The SMILES string of the molecule is CC(C)(C)c1cc(N2CN(c3cc(-c4ccccc4)cc(-c4ccccc4)c3)N=C2c2ccccc2)cc(C(C)(C)C)c1. The van der Waals surface area contributed by atoms with Gasteiger partial charge in [0.2, 0.25) is 0 Å². The summed E-state index contributed by atoms with van der Waals surface area (Å²) in [6, 6.07) is 45.7. The minimum Gasteiger partial charge on any atom is -0.304 e. The number of hydrogen-bond acceptors (Lipinski definition) is 3. The number of nitrogens with zero attached hydrogens (tertiary/aromatic N) is 3. The molecule has 3 nitrogen and oxygen atoms in total. The highest BCUT2D eigenvalue weighted by atomic mass is 15.6. The lowest BCUT2D eigenvalue weighted by atomic mass is 9.80. The number of hydrazone groups is 1. The summed E-state index contributed by atoms with van der Waals surface area (Å²) in [5, 5.41) is 7.47. The average molecular weight is 564 g/mol. The second kappa shape index (κ2) is 11.2. The molecular weight excluding hydrogens is 522 g/mol. The van der Waals surface area contributed by atoms with Gasteiger partial charge in [-0.3, -0.25) is 0 Å². The molecule has 0 spiro atoms. The number of amidine groups is 1. The molecule has 43 heavy (non-hydrogen) atoms. The molecule has 1 aliphatic heterocycles. The smallest absolute Gasteiger partial charge is 0.162 e. The Morgan fingerprint density at radius 1 is 0.465 bits per heavy atom. The lowest BCUT2D eigenvalue weighted by molar-refractivity contribution is 0.568. The predicted octanol–water partition coefficient (Wildman–Crippen LogP) is 10.3. The zero-order valence-electron chi connectivity index (χ0n) is 26.2. The summed E-state index contributed by atoms with van der Waals surface area (Å²) in [6.45, 7) is 14.4. The van der Waals surface area contributed by atoms with Gasteiger partial charge in [0.05, 0.1) is 5.69 Å². The van der Waals surface area contributed by atoms with Gasteiger partial charge in [-0.05, 0) is 74.5 Å². The van der Waals surface area contributed by atoms with Crippen LogP contribution >= 0.6 is 0 Å². The van der Waals surface area contributed by atoms with E-state index in [1.807, 2.05) is 0 Å². The first kappa shape index (κ1) is 28.5. The second-order valence-electron chi connectivity index (χ2n) is 13.5. The monoisotopic (exact) mass is 563 g/mol. The summed E-state index contributed by atoms with van der Waals surface area (Å²) >= 11 is 0. The van der Waals surface area contributed by atoms with Crippen LogP contribution in [0, 0.1) is 0 Å². The average Bonchev–Trinajstić information content (AvgIpc) is 3.47. The van der Waals surface area contributed by atoms with Gasteiger partial charge in [0.15, 0.2) is 5.84 Å². The predicted molar refractivity (Wildman–Crippen MR) is 184 cm³/mol. The molecule has 3 heteroatoms. The Bertz CT molecular complexity index is 1650.